The number of hydrogen-bond donors (Lipinski definition) is 0. The Labute approximate surface area is 93.9 Å². The van der Waals surface area contributed by atoms with Crippen molar-refractivity contribution in [2.45, 2.75) is 20.8 Å². The molecule has 0 aliphatic heterocycles. The molecule has 0 bridgehead atoms. The molecule has 0 spiro atoms. The first-order chi connectivity index (χ1) is 7.50. The lowest BCUT2D eigenvalue weighted by Crippen LogP contribution is -1.92. The van der Waals surface area contributed by atoms with Crippen LogP contribution in [-0.2, 0) is 7.05 Å². The van der Waals surface area contributed by atoms with Gasteiger partial charge in [0.25, 0.3) is 0 Å². The van der Waals surface area contributed by atoms with E-state index < -0.39 is 0 Å². The van der Waals surface area contributed by atoms with Crippen LogP contribution in [0.3, 0.4) is 0 Å². The number of aromatic nitrogens is 2. The third kappa shape index (κ3) is 1.56. The van der Waals surface area contributed by atoms with E-state index >= 15 is 0 Å². The maximum atomic E-state index is 11.2. The van der Waals surface area contributed by atoms with Crippen molar-refractivity contribution in [3.63, 3.8) is 0 Å². The SMILES string of the molecule is CC(=O)c1ccc(-c2c(C)nn(C)c2C)o1. The Bertz CT molecular complexity index is 549. The average Bonchev–Trinajstić information content (AvgIpc) is 2.74. The molecule has 2 rings (SSSR count). The number of aryl methyl sites for hydroxylation is 2. The van der Waals surface area contributed by atoms with Gasteiger partial charge in [0.05, 0.1) is 11.3 Å². The van der Waals surface area contributed by atoms with Crippen molar-refractivity contribution in [3.05, 3.63) is 29.3 Å². The average molecular weight is 218 g/mol. The summed E-state index contributed by atoms with van der Waals surface area (Å²) in [5.74, 6) is 1.02. The number of rotatable bonds is 2. The van der Waals surface area contributed by atoms with Gasteiger partial charge in [-0.05, 0) is 26.0 Å². The van der Waals surface area contributed by atoms with Gasteiger partial charge in [-0.15, -0.1) is 0 Å². The fraction of sp³-hybridized carbons (Fsp3) is 0.333. The normalized spacial score (nSPS) is 10.8. The smallest absolute Gasteiger partial charge is 0.194 e. The van der Waals surface area contributed by atoms with E-state index in [-0.39, 0.29) is 5.78 Å². The molecule has 0 aliphatic rings. The van der Waals surface area contributed by atoms with Gasteiger partial charge in [-0.1, -0.05) is 0 Å². The number of hydrogen-bond acceptors (Lipinski definition) is 3. The van der Waals surface area contributed by atoms with Gasteiger partial charge in [0.2, 0.25) is 0 Å². The van der Waals surface area contributed by atoms with Crippen molar-refractivity contribution in [1.29, 1.82) is 0 Å². The van der Waals surface area contributed by atoms with Crippen LogP contribution >= 0.6 is 0 Å². The van der Waals surface area contributed by atoms with E-state index in [0.717, 1.165) is 17.0 Å². The van der Waals surface area contributed by atoms with Gasteiger partial charge >= 0.3 is 0 Å². The molecule has 4 heteroatoms. The van der Waals surface area contributed by atoms with Crippen LogP contribution in [-0.4, -0.2) is 15.6 Å². The molecule has 0 aliphatic carbocycles. The van der Waals surface area contributed by atoms with Gasteiger partial charge in [-0.3, -0.25) is 9.48 Å². The van der Waals surface area contributed by atoms with Gasteiger partial charge < -0.3 is 4.42 Å². The standard InChI is InChI=1S/C12H14N2O2/c1-7-12(8(2)14(4)13-7)11-6-5-10(16-11)9(3)15/h5-6H,1-4H3. The minimum atomic E-state index is -0.0644. The number of furan rings is 1. The maximum Gasteiger partial charge on any atom is 0.194 e. The van der Waals surface area contributed by atoms with Gasteiger partial charge in [0.15, 0.2) is 11.5 Å². The molecule has 0 fully saturated rings. The van der Waals surface area contributed by atoms with E-state index in [2.05, 4.69) is 5.10 Å². The first kappa shape index (κ1) is 10.7. The maximum absolute atomic E-state index is 11.2. The highest BCUT2D eigenvalue weighted by Gasteiger charge is 2.16. The van der Waals surface area contributed by atoms with E-state index in [1.165, 1.54) is 6.92 Å². The predicted octanol–water partition coefficient (Wildman–Crippen LogP) is 2.50. The molecule has 2 heterocycles. The zero-order valence-corrected chi connectivity index (χ0v) is 9.87. The lowest BCUT2D eigenvalue weighted by Gasteiger charge is -1.97. The Morgan fingerprint density at radius 1 is 1.38 bits per heavy atom. The van der Waals surface area contributed by atoms with Crippen LogP contribution in [0.2, 0.25) is 0 Å². The quantitative estimate of drug-likeness (QED) is 0.727. The van der Waals surface area contributed by atoms with E-state index in [0.29, 0.717) is 11.5 Å². The summed E-state index contributed by atoms with van der Waals surface area (Å²) in [4.78, 5) is 11.2. The molecular weight excluding hydrogens is 204 g/mol. The van der Waals surface area contributed by atoms with Crippen LogP contribution < -0.4 is 0 Å². The minimum absolute atomic E-state index is 0.0644. The van der Waals surface area contributed by atoms with Crippen LogP contribution in [0.5, 0.6) is 0 Å². The number of nitrogens with zero attached hydrogens (tertiary/aromatic N) is 2. The van der Waals surface area contributed by atoms with Crippen molar-refractivity contribution < 1.29 is 9.21 Å². The van der Waals surface area contributed by atoms with Gasteiger partial charge in [-0.2, -0.15) is 5.10 Å². The Morgan fingerprint density at radius 2 is 2.06 bits per heavy atom. The molecule has 16 heavy (non-hydrogen) atoms. The highest BCUT2D eigenvalue weighted by Crippen LogP contribution is 2.28. The summed E-state index contributed by atoms with van der Waals surface area (Å²) in [5.41, 5.74) is 2.90. The second-order valence-electron chi connectivity index (χ2n) is 3.89. The van der Waals surface area contributed by atoms with Crippen LogP contribution in [0.25, 0.3) is 11.3 Å². The molecule has 0 aromatic carbocycles. The summed E-state index contributed by atoms with van der Waals surface area (Å²) in [5, 5.41) is 4.31. The number of ketones is 1. The molecule has 2 aromatic heterocycles. The van der Waals surface area contributed by atoms with Gasteiger partial charge in [0, 0.05) is 19.7 Å². The Kier molecular flexibility index (Phi) is 2.42. The largest absolute Gasteiger partial charge is 0.453 e. The van der Waals surface area contributed by atoms with Crippen LogP contribution in [0.15, 0.2) is 16.5 Å². The molecule has 0 atom stereocenters. The second kappa shape index (κ2) is 3.63. The number of Topliss-reactive ketones (excluding diaryl/α,β-unsaturated/α-hetero) is 1. The molecule has 0 saturated heterocycles. The lowest BCUT2D eigenvalue weighted by molar-refractivity contribution is 0.0988. The van der Waals surface area contributed by atoms with Crippen molar-refractivity contribution in [2.24, 2.45) is 7.05 Å². The number of carbonyl (C=O) groups excluding carboxylic acids is 1. The van der Waals surface area contributed by atoms with E-state index in [1.807, 2.05) is 27.0 Å². The van der Waals surface area contributed by atoms with E-state index in [9.17, 15) is 4.79 Å². The summed E-state index contributed by atoms with van der Waals surface area (Å²) >= 11 is 0. The molecule has 0 radical (unpaired) electrons. The third-order valence-corrected chi connectivity index (χ3v) is 2.71. The summed E-state index contributed by atoms with van der Waals surface area (Å²) in [7, 11) is 1.89. The highest BCUT2D eigenvalue weighted by molar-refractivity contribution is 5.91. The summed E-state index contributed by atoms with van der Waals surface area (Å²) in [6, 6.07) is 3.51. The van der Waals surface area contributed by atoms with Crippen molar-refractivity contribution >= 4 is 5.78 Å². The summed E-state index contributed by atoms with van der Waals surface area (Å²) in [6.07, 6.45) is 0. The number of carbonyl (C=O) groups is 1. The Balaban J connectivity index is 2.54. The predicted molar refractivity (Wildman–Crippen MR) is 60.4 cm³/mol. The molecule has 0 unspecified atom stereocenters. The lowest BCUT2D eigenvalue weighted by atomic mass is 10.1. The Morgan fingerprint density at radius 3 is 2.50 bits per heavy atom. The summed E-state index contributed by atoms with van der Waals surface area (Å²) in [6.45, 7) is 5.40. The molecule has 2 aromatic rings. The van der Waals surface area contributed by atoms with Crippen LogP contribution in [0.4, 0.5) is 0 Å². The van der Waals surface area contributed by atoms with Gasteiger partial charge in [0.1, 0.15) is 5.76 Å². The second-order valence-corrected chi connectivity index (χ2v) is 3.89. The molecular formula is C12H14N2O2. The van der Waals surface area contributed by atoms with Crippen LogP contribution in [0, 0.1) is 13.8 Å². The van der Waals surface area contributed by atoms with Crippen LogP contribution in [0.1, 0.15) is 28.9 Å². The molecule has 0 saturated carbocycles. The minimum Gasteiger partial charge on any atom is -0.453 e. The first-order valence-electron chi connectivity index (χ1n) is 5.12. The highest BCUT2D eigenvalue weighted by atomic mass is 16.3. The summed E-state index contributed by atoms with van der Waals surface area (Å²) < 4.78 is 7.31. The van der Waals surface area contributed by atoms with Gasteiger partial charge in [-0.25, -0.2) is 0 Å². The monoisotopic (exact) mass is 218 g/mol. The van der Waals surface area contributed by atoms with Crippen molar-refractivity contribution in [2.75, 3.05) is 0 Å². The third-order valence-electron chi connectivity index (χ3n) is 2.71. The fourth-order valence-corrected chi connectivity index (χ4v) is 1.79. The fourth-order valence-electron chi connectivity index (χ4n) is 1.79. The first-order valence-corrected chi connectivity index (χ1v) is 5.12. The Hall–Kier alpha value is -1.84. The zero-order valence-electron chi connectivity index (χ0n) is 9.87. The van der Waals surface area contributed by atoms with Crippen molar-refractivity contribution in [1.82, 2.24) is 9.78 Å². The topological polar surface area (TPSA) is 48.0 Å². The zero-order chi connectivity index (χ0) is 11.9. The molecule has 84 valence electrons. The molecule has 0 amide bonds. The molecule has 0 N–H and O–H groups in total. The van der Waals surface area contributed by atoms with Crippen molar-refractivity contribution in [3.8, 4) is 11.3 Å². The van der Waals surface area contributed by atoms with E-state index in [1.54, 1.807) is 10.7 Å². The van der Waals surface area contributed by atoms with E-state index in [4.69, 9.17) is 4.42 Å². The molecule has 4 nitrogen and oxygen atoms in total.